The van der Waals surface area contributed by atoms with Crippen molar-refractivity contribution in [1.29, 1.82) is 0 Å². The van der Waals surface area contributed by atoms with E-state index >= 15 is 0 Å². The molecular weight excluding hydrogens is 246 g/mol. The molecule has 14 heavy (non-hydrogen) atoms. The zero-order valence-corrected chi connectivity index (χ0v) is 9.67. The van der Waals surface area contributed by atoms with Gasteiger partial charge < -0.3 is 10.5 Å². The van der Waals surface area contributed by atoms with E-state index in [0.29, 0.717) is 17.0 Å². The molecule has 1 atom stereocenters. The standard InChI is InChI=1S/C10H12BrNO2/c1-6(11)10(13)8-4-3-7(14-2)5-9(8)12/h3-6H,12H2,1-2H3. The van der Waals surface area contributed by atoms with E-state index in [4.69, 9.17) is 10.5 Å². The van der Waals surface area contributed by atoms with Crippen LogP contribution >= 0.6 is 15.9 Å². The molecule has 0 aliphatic rings. The van der Waals surface area contributed by atoms with Crippen molar-refractivity contribution in [3.05, 3.63) is 23.8 Å². The highest BCUT2D eigenvalue weighted by Gasteiger charge is 2.14. The molecule has 1 aromatic rings. The van der Waals surface area contributed by atoms with Crippen LogP contribution in [0.1, 0.15) is 17.3 Å². The molecule has 0 aliphatic carbocycles. The Labute approximate surface area is 91.4 Å². The van der Waals surface area contributed by atoms with Gasteiger partial charge in [-0.3, -0.25) is 4.79 Å². The Morgan fingerprint density at radius 1 is 1.57 bits per heavy atom. The lowest BCUT2D eigenvalue weighted by atomic mass is 10.1. The zero-order chi connectivity index (χ0) is 10.7. The smallest absolute Gasteiger partial charge is 0.178 e. The second-order valence-corrected chi connectivity index (χ2v) is 4.31. The van der Waals surface area contributed by atoms with Crippen molar-refractivity contribution in [2.75, 3.05) is 12.8 Å². The van der Waals surface area contributed by atoms with E-state index in [-0.39, 0.29) is 10.6 Å². The van der Waals surface area contributed by atoms with Crippen LogP contribution in [0.15, 0.2) is 18.2 Å². The zero-order valence-electron chi connectivity index (χ0n) is 8.08. The summed E-state index contributed by atoms with van der Waals surface area (Å²) in [5.41, 5.74) is 6.68. The Morgan fingerprint density at radius 2 is 2.21 bits per heavy atom. The van der Waals surface area contributed by atoms with Crippen LogP contribution in [0.25, 0.3) is 0 Å². The number of rotatable bonds is 3. The summed E-state index contributed by atoms with van der Waals surface area (Å²) in [4.78, 5) is 11.4. The van der Waals surface area contributed by atoms with Crippen molar-refractivity contribution in [3.8, 4) is 5.75 Å². The third kappa shape index (κ3) is 2.26. The summed E-state index contributed by atoms with van der Waals surface area (Å²) in [6, 6.07) is 5.04. The maximum atomic E-state index is 11.6. The number of halogens is 1. The van der Waals surface area contributed by atoms with E-state index in [9.17, 15) is 4.79 Å². The van der Waals surface area contributed by atoms with Gasteiger partial charge in [0.05, 0.1) is 11.9 Å². The fraction of sp³-hybridized carbons (Fsp3) is 0.300. The van der Waals surface area contributed by atoms with Crippen molar-refractivity contribution < 1.29 is 9.53 Å². The summed E-state index contributed by atoms with van der Waals surface area (Å²) < 4.78 is 4.99. The normalized spacial score (nSPS) is 12.2. The first-order chi connectivity index (χ1) is 6.56. The van der Waals surface area contributed by atoms with E-state index in [0.717, 1.165) is 0 Å². The maximum Gasteiger partial charge on any atom is 0.178 e. The molecule has 0 spiro atoms. The minimum atomic E-state index is -0.224. The first-order valence-corrected chi connectivity index (χ1v) is 5.09. The summed E-state index contributed by atoms with van der Waals surface area (Å²) in [6.07, 6.45) is 0. The minimum Gasteiger partial charge on any atom is -0.497 e. The number of ether oxygens (including phenoxy) is 1. The Morgan fingerprint density at radius 3 is 2.64 bits per heavy atom. The molecule has 4 heteroatoms. The van der Waals surface area contributed by atoms with E-state index in [1.165, 1.54) is 0 Å². The molecule has 1 aromatic carbocycles. The summed E-state index contributed by atoms with van der Waals surface area (Å²) in [5, 5.41) is 0. The van der Waals surface area contributed by atoms with Crippen LogP contribution in [-0.2, 0) is 0 Å². The van der Waals surface area contributed by atoms with E-state index in [2.05, 4.69) is 15.9 Å². The molecule has 0 aliphatic heterocycles. The fourth-order valence-corrected chi connectivity index (χ4v) is 1.35. The third-order valence-electron chi connectivity index (χ3n) is 1.89. The molecule has 1 rings (SSSR count). The van der Waals surface area contributed by atoms with E-state index in [1.807, 2.05) is 0 Å². The highest BCUT2D eigenvalue weighted by atomic mass is 79.9. The van der Waals surface area contributed by atoms with Gasteiger partial charge in [-0.2, -0.15) is 0 Å². The number of Topliss-reactive ketones (excluding diaryl/α,β-unsaturated/α-hetero) is 1. The number of nitrogens with two attached hydrogens (primary N) is 1. The van der Waals surface area contributed by atoms with Gasteiger partial charge in [0.15, 0.2) is 5.78 Å². The molecule has 0 fully saturated rings. The van der Waals surface area contributed by atoms with E-state index in [1.54, 1.807) is 32.2 Å². The van der Waals surface area contributed by atoms with Gasteiger partial charge in [-0.05, 0) is 19.1 Å². The molecule has 0 bridgehead atoms. The van der Waals surface area contributed by atoms with Crippen LogP contribution in [0.5, 0.6) is 5.75 Å². The van der Waals surface area contributed by atoms with Gasteiger partial charge in [0, 0.05) is 17.3 Å². The molecule has 0 radical (unpaired) electrons. The highest BCUT2D eigenvalue weighted by Crippen LogP contribution is 2.22. The average Bonchev–Trinajstić information content (AvgIpc) is 2.16. The van der Waals surface area contributed by atoms with Crippen molar-refractivity contribution >= 4 is 27.4 Å². The molecule has 76 valence electrons. The van der Waals surface area contributed by atoms with E-state index < -0.39 is 0 Å². The van der Waals surface area contributed by atoms with Gasteiger partial charge in [0.2, 0.25) is 0 Å². The first-order valence-electron chi connectivity index (χ1n) is 4.18. The quantitative estimate of drug-likeness (QED) is 0.514. The number of alkyl halides is 1. The second kappa shape index (κ2) is 4.46. The van der Waals surface area contributed by atoms with Crippen LogP contribution < -0.4 is 10.5 Å². The molecule has 0 aromatic heterocycles. The summed E-state index contributed by atoms with van der Waals surface area (Å²) in [5.74, 6) is 0.631. The SMILES string of the molecule is COc1ccc(C(=O)C(C)Br)c(N)c1. The number of benzene rings is 1. The van der Waals surface area contributed by atoms with Crippen LogP contribution in [0, 0.1) is 0 Å². The van der Waals surface area contributed by atoms with Crippen molar-refractivity contribution in [3.63, 3.8) is 0 Å². The first kappa shape index (κ1) is 11.0. The Balaban J connectivity index is 3.06. The van der Waals surface area contributed by atoms with Gasteiger partial charge in [-0.15, -0.1) is 0 Å². The lowest BCUT2D eigenvalue weighted by molar-refractivity contribution is 0.0996. The molecule has 0 heterocycles. The number of anilines is 1. The maximum absolute atomic E-state index is 11.6. The molecular formula is C10H12BrNO2. The molecule has 0 amide bonds. The molecule has 3 nitrogen and oxygen atoms in total. The van der Waals surface area contributed by atoms with Crippen LogP contribution in [0.4, 0.5) is 5.69 Å². The van der Waals surface area contributed by atoms with Gasteiger partial charge in [0.25, 0.3) is 0 Å². The largest absolute Gasteiger partial charge is 0.497 e. The predicted octanol–water partition coefficient (Wildman–Crippen LogP) is 2.24. The second-order valence-electron chi connectivity index (χ2n) is 2.93. The Kier molecular flexibility index (Phi) is 3.52. The van der Waals surface area contributed by atoms with Crippen LogP contribution in [0.2, 0.25) is 0 Å². The topological polar surface area (TPSA) is 52.3 Å². The molecule has 0 saturated carbocycles. The number of ketones is 1. The number of methoxy groups -OCH3 is 1. The van der Waals surface area contributed by atoms with Gasteiger partial charge in [-0.25, -0.2) is 0 Å². The lowest BCUT2D eigenvalue weighted by Crippen LogP contribution is -2.12. The summed E-state index contributed by atoms with van der Waals surface area (Å²) in [6.45, 7) is 1.77. The van der Waals surface area contributed by atoms with Gasteiger partial charge >= 0.3 is 0 Å². The summed E-state index contributed by atoms with van der Waals surface area (Å²) >= 11 is 3.21. The minimum absolute atomic E-state index is 0.0230. The summed E-state index contributed by atoms with van der Waals surface area (Å²) in [7, 11) is 1.56. The van der Waals surface area contributed by atoms with Crippen LogP contribution in [0.3, 0.4) is 0 Å². The van der Waals surface area contributed by atoms with Crippen LogP contribution in [-0.4, -0.2) is 17.7 Å². The van der Waals surface area contributed by atoms with Crippen molar-refractivity contribution in [2.45, 2.75) is 11.8 Å². The predicted molar refractivity (Wildman–Crippen MR) is 60.1 cm³/mol. The fourth-order valence-electron chi connectivity index (χ4n) is 1.11. The highest BCUT2D eigenvalue weighted by molar-refractivity contribution is 9.10. The molecule has 2 N–H and O–H groups in total. The third-order valence-corrected chi connectivity index (χ3v) is 2.30. The lowest BCUT2D eigenvalue weighted by Gasteiger charge is -2.07. The molecule has 0 saturated heterocycles. The number of hydrogen-bond acceptors (Lipinski definition) is 3. The number of hydrogen-bond donors (Lipinski definition) is 1. The monoisotopic (exact) mass is 257 g/mol. The van der Waals surface area contributed by atoms with Gasteiger partial charge in [-0.1, -0.05) is 15.9 Å². The molecule has 1 unspecified atom stereocenters. The van der Waals surface area contributed by atoms with Crippen molar-refractivity contribution in [2.24, 2.45) is 0 Å². The number of nitrogen functional groups attached to an aromatic ring is 1. The number of carbonyl (C=O) groups is 1. The number of carbonyl (C=O) groups excluding carboxylic acids is 1. The van der Waals surface area contributed by atoms with Crippen molar-refractivity contribution in [1.82, 2.24) is 0 Å². The Hall–Kier alpha value is -1.03. The van der Waals surface area contributed by atoms with Gasteiger partial charge in [0.1, 0.15) is 5.75 Å². The Bertz CT molecular complexity index is 350. The average molecular weight is 258 g/mol.